The van der Waals surface area contributed by atoms with Crippen molar-refractivity contribution < 1.29 is 14.7 Å². The Hall–Kier alpha value is -1.63. The van der Waals surface area contributed by atoms with Gasteiger partial charge in [-0.25, -0.2) is 14.6 Å². The molecule has 6 nitrogen and oxygen atoms in total. The number of nitrogens with zero attached hydrogens (tertiary/aromatic N) is 1. The number of urea groups is 1. The van der Waals surface area contributed by atoms with E-state index >= 15 is 0 Å². The highest BCUT2D eigenvalue weighted by Crippen LogP contribution is 2.31. The third-order valence-corrected chi connectivity index (χ3v) is 4.12. The number of carbonyl (C=O) groups excluding carboxylic acids is 1. The van der Waals surface area contributed by atoms with Crippen LogP contribution in [0.3, 0.4) is 0 Å². The highest BCUT2D eigenvalue weighted by atomic mass is 32.1. The van der Waals surface area contributed by atoms with Gasteiger partial charge in [0, 0.05) is 18.3 Å². The quantitative estimate of drug-likeness (QED) is 0.759. The molecule has 1 saturated carbocycles. The Kier molecular flexibility index (Phi) is 4.04. The van der Waals surface area contributed by atoms with Crippen molar-refractivity contribution in [2.24, 2.45) is 0 Å². The third kappa shape index (κ3) is 3.23. The summed E-state index contributed by atoms with van der Waals surface area (Å²) in [5.74, 6) is -0.955. The number of rotatable bonds is 5. The van der Waals surface area contributed by atoms with Gasteiger partial charge in [0.15, 0.2) is 0 Å². The molecule has 2 amide bonds. The maximum absolute atomic E-state index is 11.6. The van der Waals surface area contributed by atoms with Crippen LogP contribution < -0.4 is 10.6 Å². The van der Waals surface area contributed by atoms with Crippen molar-refractivity contribution in [1.82, 2.24) is 15.6 Å². The number of aromatic nitrogens is 1. The van der Waals surface area contributed by atoms with Gasteiger partial charge in [0.1, 0.15) is 5.54 Å². The van der Waals surface area contributed by atoms with Crippen LogP contribution in [-0.4, -0.2) is 34.2 Å². The fraction of sp³-hybridized carbons (Fsp3) is 0.583. The molecule has 19 heavy (non-hydrogen) atoms. The van der Waals surface area contributed by atoms with Gasteiger partial charge in [-0.05, 0) is 26.2 Å². The zero-order valence-corrected chi connectivity index (χ0v) is 11.5. The normalized spacial score (nSPS) is 16.5. The number of carboxylic acid groups (broad SMARTS) is 1. The van der Waals surface area contributed by atoms with Crippen molar-refractivity contribution in [1.29, 1.82) is 0 Å². The summed E-state index contributed by atoms with van der Waals surface area (Å²) in [6, 6.07) is -0.422. The van der Waals surface area contributed by atoms with Crippen LogP contribution in [0.5, 0.6) is 0 Å². The maximum Gasteiger partial charge on any atom is 0.329 e. The lowest BCUT2D eigenvalue weighted by molar-refractivity contribution is -0.148. The Balaban J connectivity index is 1.74. The molecular weight excluding hydrogens is 266 g/mol. The molecule has 0 aromatic carbocycles. The molecule has 0 radical (unpaired) electrons. The molecule has 1 aliphatic rings. The van der Waals surface area contributed by atoms with Gasteiger partial charge in [0.05, 0.1) is 10.7 Å². The van der Waals surface area contributed by atoms with E-state index in [0.717, 1.165) is 17.1 Å². The monoisotopic (exact) mass is 283 g/mol. The minimum Gasteiger partial charge on any atom is -0.480 e. The van der Waals surface area contributed by atoms with E-state index in [-0.39, 0.29) is 0 Å². The Bertz CT molecular complexity index is 482. The van der Waals surface area contributed by atoms with Crippen molar-refractivity contribution in [2.75, 3.05) is 6.54 Å². The molecule has 1 fully saturated rings. The van der Waals surface area contributed by atoms with Crippen molar-refractivity contribution in [2.45, 2.75) is 38.1 Å². The lowest BCUT2D eigenvalue weighted by atomic mass is 9.77. The lowest BCUT2D eigenvalue weighted by Crippen LogP contribution is -2.61. The first kappa shape index (κ1) is 13.8. The van der Waals surface area contributed by atoms with E-state index in [1.165, 1.54) is 0 Å². The molecule has 0 aliphatic heterocycles. The van der Waals surface area contributed by atoms with Crippen LogP contribution >= 0.6 is 11.3 Å². The van der Waals surface area contributed by atoms with Crippen molar-refractivity contribution in [3.63, 3.8) is 0 Å². The predicted octanol–water partition coefficient (Wildman–Crippen LogP) is 1.30. The number of aliphatic carboxylic acids is 1. The summed E-state index contributed by atoms with van der Waals surface area (Å²) in [5.41, 5.74) is -0.110. The zero-order chi connectivity index (χ0) is 13.9. The van der Waals surface area contributed by atoms with Crippen LogP contribution in [-0.2, 0) is 11.2 Å². The minimum absolute atomic E-state index is 0.422. The molecule has 0 saturated heterocycles. The van der Waals surface area contributed by atoms with E-state index in [2.05, 4.69) is 15.6 Å². The van der Waals surface area contributed by atoms with E-state index in [0.29, 0.717) is 25.8 Å². The number of hydrogen-bond donors (Lipinski definition) is 3. The van der Waals surface area contributed by atoms with Gasteiger partial charge in [0.2, 0.25) is 0 Å². The minimum atomic E-state index is -1.05. The maximum atomic E-state index is 11.6. The van der Waals surface area contributed by atoms with Gasteiger partial charge in [0.25, 0.3) is 0 Å². The molecule has 1 aromatic rings. The Morgan fingerprint density at radius 2 is 2.26 bits per heavy atom. The number of nitrogens with one attached hydrogen (secondary N) is 2. The van der Waals surface area contributed by atoms with Crippen molar-refractivity contribution >= 4 is 23.3 Å². The molecule has 2 rings (SSSR count). The topological polar surface area (TPSA) is 91.3 Å². The highest BCUT2D eigenvalue weighted by molar-refractivity contribution is 7.09. The second-order valence-corrected chi connectivity index (χ2v) is 5.79. The van der Waals surface area contributed by atoms with Gasteiger partial charge in [-0.2, -0.15) is 0 Å². The second-order valence-electron chi connectivity index (χ2n) is 4.73. The average Bonchev–Trinajstić information content (AvgIpc) is 2.69. The number of amides is 2. The molecule has 1 aromatic heterocycles. The van der Waals surface area contributed by atoms with E-state index in [4.69, 9.17) is 5.11 Å². The SMILES string of the molecule is Cc1nc(CCNC(=O)NC2(C(=O)O)CCC2)cs1. The molecule has 0 atom stereocenters. The van der Waals surface area contributed by atoms with E-state index in [1.54, 1.807) is 11.3 Å². The highest BCUT2D eigenvalue weighted by Gasteiger charge is 2.45. The molecule has 104 valence electrons. The summed E-state index contributed by atoms with van der Waals surface area (Å²) in [6.45, 7) is 2.38. The summed E-state index contributed by atoms with van der Waals surface area (Å²) in [7, 11) is 0. The first-order valence-electron chi connectivity index (χ1n) is 6.22. The molecule has 0 spiro atoms. The van der Waals surface area contributed by atoms with Gasteiger partial charge in [-0.1, -0.05) is 0 Å². The molecule has 1 heterocycles. The Labute approximate surface area is 115 Å². The Morgan fingerprint density at radius 1 is 1.53 bits per heavy atom. The summed E-state index contributed by atoms with van der Waals surface area (Å²) in [6.07, 6.45) is 2.49. The average molecular weight is 283 g/mol. The van der Waals surface area contributed by atoms with Crippen LogP contribution in [0.2, 0.25) is 0 Å². The van der Waals surface area contributed by atoms with Gasteiger partial charge in [-0.3, -0.25) is 0 Å². The fourth-order valence-electron chi connectivity index (χ4n) is 2.01. The van der Waals surface area contributed by atoms with Crippen molar-refractivity contribution in [3.05, 3.63) is 16.1 Å². The summed E-state index contributed by atoms with van der Waals surface area (Å²) < 4.78 is 0. The number of thiazole rings is 1. The zero-order valence-electron chi connectivity index (χ0n) is 10.7. The number of carboxylic acids is 1. The van der Waals surface area contributed by atoms with Gasteiger partial charge < -0.3 is 15.7 Å². The summed E-state index contributed by atoms with van der Waals surface area (Å²) in [5, 5.41) is 17.3. The first-order chi connectivity index (χ1) is 9.02. The lowest BCUT2D eigenvalue weighted by Gasteiger charge is -2.38. The standard InChI is InChI=1S/C12H17N3O3S/c1-8-14-9(7-19-8)3-6-13-11(18)15-12(10(16)17)4-2-5-12/h7H,2-6H2,1H3,(H,16,17)(H2,13,15,18). The van der Waals surface area contributed by atoms with E-state index < -0.39 is 17.5 Å². The second kappa shape index (κ2) is 5.56. The van der Waals surface area contributed by atoms with Gasteiger partial charge in [-0.15, -0.1) is 11.3 Å². The number of carbonyl (C=O) groups is 2. The summed E-state index contributed by atoms with van der Waals surface area (Å²) >= 11 is 1.57. The molecule has 0 bridgehead atoms. The van der Waals surface area contributed by atoms with Crippen molar-refractivity contribution in [3.8, 4) is 0 Å². The molecule has 3 N–H and O–H groups in total. The molecular formula is C12H17N3O3S. The first-order valence-corrected chi connectivity index (χ1v) is 7.10. The van der Waals surface area contributed by atoms with Crippen LogP contribution in [0.4, 0.5) is 4.79 Å². The smallest absolute Gasteiger partial charge is 0.329 e. The van der Waals surface area contributed by atoms with Crippen LogP contribution in [0, 0.1) is 6.92 Å². The van der Waals surface area contributed by atoms with Crippen LogP contribution in [0.25, 0.3) is 0 Å². The predicted molar refractivity (Wildman–Crippen MR) is 71.3 cm³/mol. The van der Waals surface area contributed by atoms with E-state index in [1.807, 2.05) is 12.3 Å². The van der Waals surface area contributed by atoms with Crippen LogP contribution in [0.15, 0.2) is 5.38 Å². The fourth-order valence-corrected chi connectivity index (χ4v) is 2.66. The molecule has 0 unspecified atom stereocenters. The van der Waals surface area contributed by atoms with Gasteiger partial charge >= 0.3 is 12.0 Å². The molecule has 7 heteroatoms. The number of hydrogen-bond acceptors (Lipinski definition) is 4. The Morgan fingerprint density at radius 3 is 2.74 bits per heavy atom. The molecule has 1 aliphatic carbocycles. The third-order valence-electron chi connectivity index (χ3n) is 3.30. The van der Waals surface area contributed by atoms with E-state index in [9.17, 15) is 9.59 Å². The largest absolute Gasteiger partial charge is 0.480 e. The van der Waals surface area contributed by atoms with Crippen LogP contribution in [0.1, 0.15) is 30.0 Å². The number of aryl methyl sites for hydroxylation is 1. The summed E-state index contributed by atoms with van der Waals surface area (Å²) in [4.78, 5) is 27.0.